The zero-order valence-corrected chi connectivity index (χ0v) is 10.6. The number of anilines is 1. The van der Waals surface area contributed by atoms with Crippen LogP contribution in [0.1, 0.15) is 44.2 Å². The van der Waals surface area contributed by atoms with Crippen LogP contribution in [0.3, 0.4) is 0 Å². The molecule has 16 heavy (non-hydrogen) atoms. The highest BCUT2D eigenvalue weighted by atomic mass is 16.5. The molecule has 1 aromatic carbocycles. The normalized spacial score (nSPS) is 22.8. The maximum atomic E-state index is 5.48. The van der Waals surface area contributed by atoms with E-state index in [2.05, 4.69) is 38.2 Å². The van der Waals surface area contributed by atoms with Gasteiger partial charge in [-0.3, -0.25) is 0 Å². The van der Waals surface area contributed by atoms with E-state index in [1.54, 1.807) is 7.11 Å². The molecule has 0 amide bonds. The first-order valence-corrected chi connectivity index (χ1v) is 6.15. The molecule has 0 saturated carbocycles. The number of methoxy groups -OCH3 is 1. The second kappa shape index (κ2) is 4.36. The van der Waals surface area contributed by atoms with Crippen molar-refractivity contribution in [1.29, 1.82) is 0 Å². The van der Waals surface area contributed by atoms with Crippen molar-refractivity contribution in [1.82, 2.24) is 0 Å². The SMILES string of the molecule is CCCc1c(OC)ccc2c1C(C)C(C)N2. The van der Waals surface area contributed by atoms with Gasteiger partial charge in [0.25, 0.3) is 0 Å². The van der Waals surface area contributed by atoms with Gasteiger partial charge in [0.05, 0.1) is 7.11 Å². The Hall–Kier alpha value is -1.18. The molecule has 2 rings (SSSR count). The zero-order chi connectivity index (χ0) is 11.7. The summed E-state index contributed by atoms with van der Waals surface area (Å²) in [4.78, 5) is 0. The van der Waals surface area contributed by atoms with Crippen molar-refractivity contribution >= 4 is 5.69 Å². The Kier molecular flexibility index (Phi) is 3.08. The summed E-state index contributed by atoms with van der Waals surface area (Å²) in [5, 5.41) is 3.54. The molecule has 2 heteroatoms. The minimum atomic E-state index is 0.526. The van der Waals surface area contributed by atoms with E-state index in [1.165, 1.54) is 16.8 Å². The first-order chi connectivity index (χ1) is 7.69. The van der Waals surface area contributed by atoms with Crippen molar-refractivity contribution in [3.63, 3.8) is 0 Å². The van der Waals surface area contributed by atoms with Crippen LogP contribution in [-0.4, -0.2) is 13.2 Å². The topological polar surface area (TPSA) is 21.3 Å². The van der Waals surface area contributed by atoms with E-state index in [0.29, 0.717) is 12.0 Å². The average molecular weight is 219 g/mol. The van der Waals surface area contributed by atoms with Gasteiger partial charge in [-0.15, -0.1) is 0 Å². The molecule has 0 fully saturated rings. The smallest absolute Gasteiger partial charge is 0.122 e. The highest BCUT2D eigenvalue weighted by molar-refractivity contribution is 5.65. The van der Waals surface area contributed by atoms with E-state index in [1.807, 2.05) is 0 Å². The summed E-state index contributed by atoms with van der Waals surface area (Å²) in [6, 6.07) is 4.76. The van der Waals surface area contributed by atoms with Crippen LogP contribution in [0, 0.1) is 0 Å². The molecule has 1 heterocycles. The van der Waals surface area contributed by atoms with Crippen molar-refractivity contribution in [2.45, 2.75) is 45.6 Å². The van der Waals surface area contributed by atoms with E-state index < -0.39 is 0 Å². The summed E-state index contributed by atoms with van der Waals surface area (Å²) in [6.07, 6.45) is 2.26. The van der Waals surface area contributed by atoms with E-state index >= 15 is 0 Å². The van der Waals surface area contributed by atoms with Crippen LogP contribution < -0.4 is 10.1 Å². The molecule has 1 aliphatic heterocycles. The Labute approximate surface area is 98.0 Å². The van der Waals surface area contributed by atoms with Crippen molar-refractivity contribution in [2.75, 3.05) is 12.4 Å². The largest absolute Gasteiger partial charge is 0.496 e. The van der Waals surface area contributed by atoms with Gasteiger partial charge in [-0.1, -0.05) is 20.3 Å². The molecular formula is C14H21NO. The van der Waals surface area contributed by atoms with E-state index in [4.69, 9.17) is 4.74 Å². The van der Waals surface area contributed by atoms with Crippen LogP contribution in [0.15, 0.2) is 12.1 Å². The summed E-state index contributed by atoms with van der Waals surface area (Å²) in [5.41, 5.74) is 4.16. The fourth-order valence-electron chi connectivity index (χ4n) is 2.61. The molecule has 0 spiro atoms. The quantitative estimate of drug-likeness (QED) is 0.839. The van der Waals surface area contributed by atoms with E-state index in [0.717, 1.165) is 18.6 Å². The molecule has 2 atom stereocenters. The standard InChI is InChI=1S/C14H21NO/c1-5-6-11-13(16-4)8-7-12-14(11)9(2)10(3)15-12/h7-10,15H,5-6H2,1-4H3. The molecule has 2 unspecified atom stereocenters. The number of hydrogen-bond donors (Lipinski definition) is 1. The Morgan fingerprint density at radius 2 is 2.06 bits per heavy atom. The van der Waals surface area contributed by atoms with Gasteiger partial charge in [0.2, 0.25) is 0 Å². The summed E-state index contributed by atoms with van der Waals surface area (Å²) < 4.78 is 5.48. The molecule has 0 saturated heterocycles. The third-order valence-electron chi connectivity index (χ3n) is 3.62. The highest BCUT2D eigenvalue weighted by Gasteiger charge is 2.28. The lowest BCUT2D eigenvalue weighted by molar-refractivity contribution is 0.408. The van der Waals surface area contributed by atoms with Crippen LogP contribution in [0.2, 0.25) is 0 Å². The van der Waals surface area contributed by atoms with Crippen LogP contribution in [-0.2, 0) is 6.42 Å². The van der Waals surface area contributed by atoms with Crippen molar-refractivity contribution < 1.29 is 4.74 Å². The van der Waals surface area contributed by atoms with Gasteiger partial charge in [-0.25, -0.2) is 0 Å². The van der Waals surface area contributed by atoms with Gasteiger partial charge in [-0.05, 0) is 36.6 Å². The van der Waals surface area contributed by atoms with E-state index in [9.17, 15) is 0 Å². The lowest BCUT2D eigenvalue weighted by Gasteiger charge is -2.15. The van der Waals surface area contributed by atoms with Crippen molar-refractivity contribution in [3.05, 3.63) is 23.3 Å². The maximum Gasteiger partial charge on any atom is 0.122 e. The average Bonchev–Trinajstić information content (AvgIpc) is 2.56. The molecule has 1 aliphatic rings. The first kappa shape index (κ1) is 11.3. The Bertz CT molecular complexity index is 387. The molecule has 0 radical (unpaired) electrons. The van der Waals surface area contributed by atoms with Gasteiger partial charge in [0.15, 0.2) is 0 Å². The van der Waals surface area contributed by atoms with Gasteiger partial charge in [0.1, 0.15) is 5.75 Å². The monoisotopic (exact) mass is 219 g/mol. The Morgan fingerprint density at radius 1 is 1.31 bits per heavy atom. The molecule has 2 nitrogen and oxygen atoms in total. The molecular weight excluding hydrogens is 198 g/mol. The lowest BCUT2D eigenvalue weighted by atomic mass is 9.91. The van der Waals surface area contributed by atoms with Crippen LogP contribution in [0.25, 0.3) is 0 Å². The zero-order valence-electron chi connectivity index (χ0n) is 10.6. The lowest BCUT2D eigenvalue weighted by Crippen LogP contribution is -2.13. The van der Waals surface area contributed by atoms with E-state index in [-0.39, 0.29) is 0 Å². The predicted molar refractivity (Wildman–Crippen MR) is 68.5 cm³/mol. The summed E-state index contributed by atoms with van der Waals surface area (Å²) in [7, 11) is 1.76. The number of fused-ring (bicyclic) bond motifs is 1. The fraction of sp³-hybridized carbons (Fsp3) is 0.571. The molecule has 1 aromatic rings. The molecule has 1 N–H and O–H groups in total. The number of rotatable bonds is 3. The van der Waals surface area contributed by atoms with Gasteiger partial charge >= 0.3 is 0 Å². The fourth-order valence-corrected chi connectivity index (χ4v) is 2.61. The number of benzene rings is 1. The molecule has 88 valence electrons. The van der Waals surface area contributed by atoms with Crippen LogP contribution >= 0.6 is 0 Å². The van der Waals surface area contributed by atoms with Crippen molar-refractivity contribution in [3.8, 4) is 5.75 Å². The number of hydrogen-bond acceptors (Lipinski definition) is 2. The summed E-state index contributed by atoms with van der Waals surface area (Å²) in [5.74, 6) is 1.62. The summed E-state index contributed by atoms with van der Waals surface area (Å²) in [6.45, 7) is 6.75. The number of ether oxygens (including phenoxy) is 1. The highest BCUT2D eigenvalue weighted by Crippen LogP contribution is 2.41. The van der Waals surface area contributed by atoms with Gasteiger partial charge < -0.3 is 10.1 Å². The molecule has 0 aliphatic carbocycles. The molecule has 0 bridgehead atoms. The first-order valence-electron chi connectivity index (χ1n) is 6.15. The van der Waals surface area contributed by atoms with Gasteiger partial charge in [0, 0.05) is 17.6 Å². The summed E-state index contributed by atoms with van der Waals surface area (Å²) >= 11 is 0. The minimum absolute atomic E-state index is 0.526. The minimum Gasteiger partial charge on any atom is -0.496 e. The van der Waals surface area contributed by atoms with Crippen LogP contribution in [0.5, 0.6) is 5.75 Å². The number of nitrogens with one attached hydrogen (secondary N) is 1. The Morgan fingerprint density at radius 3 is 2.69 bits per heavy atom. The third-order valence-corrected chi connectivity index (χ3v) is 3.62. The van der Waals surface area contributed by atoms with Crippen molar-refractivity contribution in [2.24, 2.45) is 0 Å². The second-order valence-electron chi connectivity index (χ2n) is 4.68. The van der Waals surface area contributed by atoms with Gasteiger partial charge in [-0.2, -0.15) is 0 Å². The second-order valence-corrected chi connectivity index (χ2v) is 4.68. The predicted octanol–water partition coefficient (Wildman–Crippen LogP) is 3.57. The van der Waals surface area contributed by atoms with Crippen LogP contribution in [0.4, 0.5) is 5.69 Å². The maximum absolute atomic E-state index is 5.48. The molecule has 0 aromatic heterocycles. The third kappa shape index (κ3) is 1.66. The Balaban J connectivity index is 2.51.